The van der Waals surface area contributed by atoms with Crippen LogP contribution >= 0.6 is 11.6 Å². The molecule has 0 saturated heterocycles. The van der Waals surface area contributed by atoms with Crippen molar-refractivity contribution >= 4 is 23.6 Å². The molecule has 0 bridgehead atoms. The fourth-order valence-corrected chi connectivity index (χ4v) is 1.33. The van der Waals surface area contributed by atoms with Gasteiger partial charge in [0.1, 0.15) is 5.15 Å². The summed E-state index contributed by atoms with van der Waals surface area (Å²) in [5.41, 5.74) is 0.535. The number of halogens is 1. The Labute approximate surface area is 118 Å². The number of aliphatic hydroxyl groups is 1. The maximum absolute atomic E-state index is 11.6. The minimum atomic E-state index is -0.581. The Morgan fingerprint density at radius 3 is 2.74 bits per heavy atom. The summed E-state index contributed by atoms with van der Waals surface area (Å²) in [6.07, 6.45) is 4.04. The lowest BCUT2D eigenvalue weighted by Crippen LogP contribution is -2.38. The van der Waals surface area contributed by atoms with Gasteiger partial charge in [-0.1, -0.05) is 38.4 Å². The molecule has 1 amide bonds. The van der Waals surface area contributed by atoms with Crippen LogP contribution in [0.5, 0.6) is 0 Å². The molecule has 1 atom stereocenters. The smallest absolute Gasteiger partial charge is 0.244 e. The zero-order valence-electron chi connectivity index (χ0n) is 11.4. The summed E-state index contributed by atoms with van der Waals surface area (Å²) in [4.78, 5) is 15.5. The van der Waals surface area contributed by atoms with E-state index in [9.17, 15) is 9.90 Å². The number of amides is 1. The predicted molar refractivity (Wildman–Crippen MR) is 76.8 cm³/mol. The van der Waals surface area contributed by atoms with E-state index < -0.39 is 6.10 Å². The number of nitrogens with one attached hydrogen (secondary N) is 1. The Hall–Kier alpha value is -1.39. The molecule has 1 heterocycles. The van der Waals surface area contributed by atoms with E-state index in [2.05, 4.69) is 10.3 Å². The van der Waals surface area contributed by atoms with Gasteiger partial charge in [-0.2, -0.15) is 0 Å². The molecule has 1 unspecified atom stereocenters. The van der Waals surface area contributed by atoms with Crippen LogP contribution < -0.4 is 5.32 Å². The third kappa shape index (κ3) is 5.85. The van der Waals surface area contributed by atoms with Crippen molar-refractivity contribution in [3.05, 3.63) is 35.1 Å². The summed E-state index contributed by atoms with van der Waals surface area (Å²) in [5.74, 6) is -0.252. The van der Waals surface area contributed by atoms with Gasteiger partial charge < -0.3 is 10.4 Å². The number of hydrogen-bond donors (Lipinski definition) is 2. The summed E-state index contributed by atoms with van der Waals surface area (Å²) < 4.78 is 0. The van der Waals surface area contributed by atoms with Gasteiger partial charge >= 0.3 is 0 Å². The van der Waals surface area contributed by atoms with Crippen LogP contribution in [0.3, 0.4) is 0 Å². The lowest BCUT2D eigenvalue weighted by molar-refractivity contribution is -0.117. The molecule has 2 N–H and O–H groups in total. The number of carbonyl (C=O) groups excluding carboxylic acids is 1. The second-order valence-electron chi connectivity index (χ2n) is 5.37. The lowest BCUT2D eigenvalue weighted by atomic mass is 9.89. The van der Waals surface area contributed by atoms with Crippen molar-refractivity contribution in [1.82, 2.24) is 10.3 Å². The van der Waals surface area contributed by atoms with Crippen LogP contribution in [0, 0.1) is 5.41 Å². The first-order valence-corrected chi connectivity index (χ1v) is 6.42. The molecule has 0 aromatic carbocycles. The lowest BCUT2D eigenvalue weighted by Gasteiger charge is -2.25. The fraction of sp³-hybridized carbons (Fsp3) is 0.429. The summed E-state index contributed by atoms with van der Waals surface area (Å²) in [7, 11) is 0. The number of carbonyl (C=O) groups is 1. The first-order valence-electron chi connectivity index (χ1n) is 6.04. The standard InChI is InChI=1S/C14H19ClN2O2/c1-14(2,3)11(18)9-17-13(19)7-5-10-4-6-12(15)16-8-10/h4-8,11,18H,9H2,1-3H3,(H,17,19)/b7-5+. The van der Waals surface area contributed by atoms with E-state index in [1.807, 2.05) is 20.8 Å². The van der Waals surface area contributed by atoms with E-state index in [1.54, 1.807) is 24.4 Å². The fourth-order valence-electron chi connectivity index (χ4n) is 1.22. The predicted octanol–water partition coefficient (Wildman–Crippen LogP) is 2.27. The summed E-state index contributed by atoms with van der Waals surface area (Å²) >= 11 is 5.66. The molecule has 19 heavy (non-hydrogen) atoms. The second-order valence-corrected chi connectivity index (χ2v) is 5.76. The van der Waals surface area contributed by atoms with E-state index in [0.29, 0.717) is 5.15 Å². The zero-order chi connectivity index (χ0) is 14.5. The second kappa shape index (κ2) is 6.68. The molecule has 0 spiro atoms. The molecule has 5 heteroatoms. The average Bonchev–Trinajstić information content (AvgIpc) is 2.34. The van der Waals surface area contributed by atoms with Crippen LogP contribution in [0.4, 0.5) is 0 Å². The third-order valence-corrected chi connectivity index (χ3v) is 2.87. The van der Waals surface area contributed by atoms with Crippen LogP contribution in [0.1, 0.15) is 26.3 Å². The average molecular weight is 283 g/mol. The van der Waals surface area contributed by atoms with Gasteiger partial charge in [0.15, 0.2) is 0 Å². The quantitative estimate of drug-likeness (QED) is 0.658. The van der Waals surface area contributed by atoms with Crippen LogP contribution in [0.25, 0.3) is 6.08 Å². The molecule has 4 nitrogen and oxygen atoms in total. The SMILES string of the molecule is CC(C)(C)C(O)CNC(=O)/C=C/c1ccc(Cl)nc1. The number of aliphatic hydroxyl groups excluding tert-OH is 1. The van der Waals surface area contributed by atoms with Crippen molar-refractivity contribution in [3.63, 3.8) is 0 Å². The topological polar surface area (TPSA) is 62.2 Å². The first-order chi connectivity index (χ1) is 8.79. The first kappa shape index (κ1) is 15.7. The molecule has 0 aliphatic rings. The van der Waals surface area contributed by atoms with Crippen molar-refractivity contribution in [1.29, 1.82) is 0 Å². The highest BCUT2D eigenvalue weighted by molar-refractivity contribution is 6.29. The normalized spacial score (nSPS) is 13.5. The van der Waals surface area contributed by atoms with E-state index in [4.69, 9.17) is 11.6 Å². The highest BCUT2D eigenvalue weighted by atomic mass is 35.5. The Kier molecular flexibility index (Phi) is 5.51. The van der Waals surface area contributed by atoms with Gasteiger partial charge in [-0.05, 0) is 23.1 Å². The number of hydrogen-bond acceptors (Lipinski definition) is 3. The molecule has 0 fully saturated rings. The zero-order valence-corrected chi connectivity index (χ0v) is 12.1. The minimum Gasteiger partial charge on any atom is -0.391 e. The van der Waals surface area contributed by atoms with Crippen LogP contribution in [-0.4, -0.2) is 28.6 Å². The van der Waals surface area contributed by atoms with Gasteiger partial charge in [-0.3, -0.25) is 4.79 Å². The van der Waals surface area contributed by atoms with E-state index in [0.717, 1.165) is 5.56 Å². The largest absolute Gasteiger partial charge is 0.391 e. The molecule has 0 aliphatic carbocycles. The van der Waals surface area contributed by atoms with E-state index in [1.165, 1.54) is 6.08 Å². The Balaban J connectivity index is 2.45. The van der Waals surface area contributed by atoms with Gasteiger partial charge in [-0.15, -0.1) is 0 Å². The third-order valence-electron chi connectivity index (χ3n) is 2.65. The minimum absolute atomic E-state index is 0.228. The van der Waals surface area contributed by atoms with E-state index >= 15 is 0 Å². The van der Waals surface area contributed by atoms with Crippen LogP contribution in [0.2, 0.25) is 5.15 Å². The molecule has 1 rings (SSSR count). The van der Waals surface area contributed by atoms with Crippen molar-refractivity contribution in [3.8, 4) is 0 Å². The van der Waals surface area contributed by atoms with Gasteiger partial charge in [0.25, 0.3) is 0 Å². The van der Waals surface area contributed by atoms with Crippen molar-refractivity contribution < 1.29 is 9.90 Å². The van der Waals surface area contributed by atoms with Crippen LogP contribution in [0.15, 0.2) is 24.4 Å². The molecule has 1 aromatic heterocycles. The highest BCUT2D eigenvalue weighted by Crippen LogP contribution is 2.18. The molecular formula is C14H19ClN2O2. The summed E-state index contributed by atoms with van der Waals surface area (Å²) in [6, 6.07) is 3.42. The van der Waals surface area contributed by atoms with Crippen molar-refractivity contribution in [2.45, 2.75) is 26.9 Å². The Morgan fingerprint density at radius 2 is 2.21 bits per heavy atom. The Morgan fingerprint density at radius 1 is 1.53 bits per heavy atom. The molecular weight excluding hydrogens is 264 g/mol. The Bertz CT molecular complexity index is 450. The van der Waals surface area contributed by atoms with Crippen molar-refractivity contribution in [2.75, 3.05) is 6.54 Å². The van der Waals surface area contributed by atoms with Gasteiger partial charge in [0.05, 0.1) is 6.10 Å². The number of rotatable bonds is 4. The molecule has 0 aliphatic heterocycles. The molecule has 1 aromatic rings. The van der Waals surface area contributed by atoms with Crippen molar-refractivity contribution in [2.24, 2.45) is 5.41 Å². The number of aromatic nitrogens is 1. The molecule has 0 saturated carbocycles. The molecule has 0 radical (unpaired) electrons. The maximum Gasteiger partial charge on any atom is 0.244 e. The highest BCUT2D eigenvalue weighted by Gasteiger charge is 2.21. The number of nitrogens with zero attached hydrogens (tertiary/aromatic N) is 1. The van der Waals surface area contributed by atoms with E-state index in [-0.39, 0.29) is 17.9 Å². The van der Waals surface area contributed by atoms with Crippen LogP contribution in [-0.2, 0) is 4.79 Å². The summed E-state index contributed by atoms with van der Waals surface area (Å²) in [6.45, 7) is 5.97. The monoisotopic (exact) mass is 282 g/mol. The number of pyridine rings is 1. The van der Waals surface area contributed by atoms with Gasteiger partial charge in [0, 0.05) is 18.8 Å². The van der Waals surface area contributed by atoms with Gasteiger partial charge in [0.2, 0.25) is 5.91 Å². The maximum atomic E-state index is 11.6. The molecule has 104 valence electrons. The van der Waals surface area contributed by atoms with Gasteiger partial charge in [-0.25, -0.2) is 4.98 Å². The summed E-state index contributed by atoms with van der Waals surface area (Å²) in [5, 5.41) is 12.8.